The summed E-state index contributed by atoms with van der Waals surface area (Å²) >= 11 is 0. The van der Waals surface area contributed by atoms with Crippen molar-refractivity contribution in [1.82, 2.24) is 15.8 Å². The minimum atomic E-state index is -4.77. The number of unbranched alkanes of at least 4 members (excludes halogenated alkanes) is 5. The van der Waals surface area contributed by atoms with Gasteiger partial charge < -0.3 is 24.3 Å². The van der Waals surface area contributed by atoms with Crippen LogP contribution in [0.2, 0.25) is 0 Å². The van der Waals surface area contributed by atoms with Gasteiger partial charge in [0.1, 0.15) is 23.1 Å². The zero-order valence-electron chi connectivity index (χ0n) is 20.9. The number of hydrazine groups is 1. The first-order valence-corrected chi connectivity index (χ1v) is 11.8. The highest BCUT2D eigenvalue weighted by Crippen LogP contribution is 2.37. The number of nitrogens with zero attached hydrogens (tertiary/aromatic N) is 1. The second kappa shape index (κ2) is 11.8. The van der Waals surface area contributed by atoms with E-state index in [0.717, 1.165) is 44.2 Å². The van der Waals surface area contributed by atoms with Crippen LogP contribution in [0.4, 0.5) is 18.0 Å². The van der Waals surface area contributed by atoms with Gasteiger partial charge in [-0.2, -0.15) is 13.2 Å². The Hall–Kier alpha value is -3.02. The van der Waals surface area contributed by atoms with Crippen molar-refractivity contribution in [2.24, 2.45) is 0 Å². The van der Waals surface area contributed by atoms with Crippen LogP contribution in [0.3, 0.4) is 0 Å². The molecule has 1 aliphatic heterocycles. The zero-order chi connectivity index (χ0) is 27.1. The first kappa shape index (κ1) is 29.2. The fraction of sp³-hybridized carbons (Fsp3) is 0.625. The van der Waals surface area contributed by atoms with Crippen LogP contribution in [0.5, 0.6) is 5.75 Å². The lowest BCUT2D eigenvalue weighted by Gasteiger charge is -2.40. The molecule has 0 spiro atoms. The van der Waals surface area contributed by atoms with Gasteiger partial charge in [-0.1, -0.05) is 39.0 Å². The van der Waals surface area contributed by atoms with Gasteiger partial charge in [-0.3, -0.25) is 20.4 Å². The Kier molecular flexibility index (Phi) is 9.58. The van der Waals surface area contributed by atoms with E-state index >= 15 is 0 Å². The highest BCUT2D eigenvalue weighted by molar-refractivity contribution is 5.97. The number of hydrogen-bond donors (Lipinski definition) is 2. The average molecular weight is 517 g/mol. The number of hydrogen-bond acceptors (Lipinski definition) is 6. The summed E-state index contributed by atoms with van der Waals surface area (Å²) in [7, 11) is 0. The van der Waals surface area contributed by atoms with E-state index in [-0.39, 0.29) is 24.5 Å². The summed E-state index contributed by atoms with van der Waals surface area (Å²) in [4.78, 5) is 37.4. The van der Waals surface area contributed by atoms with Gasteiger partial charge in [0.2, 0.25) is 0 Å². The van der Waals surface area contributed by atoms with Crippen LogP contribution in [0.1, 0.15) is 82.1 Å². The number of rotatable bonds is 10. The molecule has 9 nitrogen and oxygen atoms in total. The molecule has 0 saturated carbocycles. The van der Waals surface area contributed by atoms with E-state index in [0.29, 0.717) is 17.4 Å². The molecule has 1 unspecified atom stereocenters. The molecule has 0 aliphatic carbocycles. The Morgan fingerprint density at radius 1 is 1.08 bits per heavy atom. The number of halogens is 3. The summed E-state index contributed by atoms with van der Waals surface area (Å²) in [5, 5.41) is 11.6. The molecule has 2 rings (SSSR count). The standard InChI is InChI=1S/C24H34F3N3O6/c1-5-6-7-8-9-10-13-35-18-12-11-16(14-17(18)24(25,26)27)19(31)28-29-20(32)23(4)15-36-22(2,3)30(23)21(33)34/h11-12,14H,5-10,13,15H2,1-4H3,(H,28,31)(H,29,32)(H,33,34)/p-1. The van der Waals surface area contributed by atoms with Crippen molar-refractivity contribution in [3.05, 3.63) is 29.3 Å². The molecule has 1 atom stereocenters. The predicted molar refractivity (Wildman–Crippen MR) is 122 cm³/mol. The van der Waals surface area contributed by atoms with E-state index in [9.17, 15) is 32.7 Å². The van der Waals surface area contributed by atoms with E-state index in [1.807, 2.05) is 5.43 Å². The van der Waals surface area contributed by atoms with Crippen LogP contribution < -0.4 is 20.7 Å². The summed E-state index contributed by atoms with van der Waals surface area (Å²) in [6.07, 6.45) is -0.715. The third-order valence-corrected chi connectivity index (χ3v) is 6.00. The number of amides is 3. The fourth-order valence-corrected chi connectivity index (χ4v) is 4.03. The van der Waals surface area contributed by atoms with E-state index in [4.69, 9.17) is 9.47 Å². The molecule has 12 heteroatoms. The van der Waals surface area contributed by atoms with Gasteiger partial charge in [-0.15, -0.1) is 0 Å². The molecular formula is C24H33F3N3O6-. The third-order valence-electron chi connectivity index (χ3n) is 6.00. The zero-order valence-corrected chi connectivity index (χ0v) is 20.9. The molecule has 1 aliphatic rings. The SMILES string of the molecule is CCCCCCCCOc1ccc(C(=O)NNC(=O)C2(C)COC(C)(C)N2C(=O)[O-])cc1C(F)(F)F. The van der Waals surface area contributed by atoms with Crippen LogP contribution >= 0.6 is 0 Å². The first-order chi connectivity index (χ1) is 16.7. The van der Waals surface area contributed by atoms with E-state index in [1.54, 1.807) is 0 Å². The topological polar surface area (TPSA) is 120 Å². The summed E-state index contributed by atoms with van der Waals surface area (Å²) < 4.78 is 51.5. The van der Waals surface area contributed by atoms with E-state index in [1.165, 1.54) is 20.8 Å². The lowest BCUT2D eigenvalue weighted by molar-refractivity contribution is -0.278. The molecule has 1 fully saturated rings. The second-order valence-corrected chi connectivity index (χ2v) is 9.34. The lowest BCUT2D eigenvalue weighted by Crippen LogP contribution is -2.65. The Balaban J connectivity index is 2.04. The summed E-state index contributed by atoms with van der Waals surface area (Å²) in [5.74, 6) is -2.36. The monoisotopic (exact) mass is 516 g/mol. The van der Waals surface area contributed by atoms with Crippen LogP contribution in [-0.2, 0) is 15.7 Å². The molecule has 1 heterocycles. The van der Waals surface area contributed by atoms with Gasteiger partial charge in [-0.25, -0.2) is 0 Å². The van der Waals surface area contributed by atoms with Crippen LogP contribution in [0, 0.1) is 0 Å². The largest absolute Gasteiger partial charge is 0.530 e. The van der Waals surface area contributed by atoms with Crippen molar-refractivity contribution in [3.63, 3.8) is 0 Å². The highest BCUT2D eigenvalue weighted by Gasteiger charge is 2.53. The highest BCUT2D eigenvalue weighted by atomic mass is 19.4. The molecule has 0 radical (unpaired) electrons. The number of nitrogens with one attached hydrogen (secondary N) is 2. The quantitative estimate of drug-likeness (QED) is 0.364. The second-order valence-electron chi connectivity index (χ2n) is 9.34. The average Bonchev–Trinajstić information content (AvgIpc) is 3.05. The normalized spacial score (nSPS) is 19.1. The maximum Gasteiger partial charge on any atom is 0.419 e. The van der Waals surface area contributed by atoms with Gasteiger partial charge in [0, 0.05) is 5.56 Å². The van der Waals surface area contributed by atoms with Crippen molar-refractivity contribution in [3.8, 4) is 5.75 Å². The first-order valence-electron chi connectivity index (χ1n) is 11.8. The van der Waals surface area contributed by atoms with Crippen molar-refractivity contribution in [2.75, 3.05) is 13.2 Å². The number of ether oxygens (including phenoxy) is 2. The minimum absolute atomic E-state index is 0.114. The van der Waals surface area contributed by atoms with Gasteiger partial charge in [0.25, 0.3) is 11.8 Å². The minimum Gasteiger partial charge on any atom is -0.530 e. The maximum absolute atomic E-state index is 13.6. The molecule has 0 aromatic heterocycles. The van der Waals surface area contributed by atoms with Crippen molar-refractivity contribution in [1.29, 1.82) is 0 Å². The molecule has 36 heavy (non-hydrogen) atoms. The molecule has 3 amide bonds. The van der Waals surface area contributed by atoms with E-state index in [2.05, 4.69) is 12.3 Å². The molecular weight excluding hydrogens is 483 g/mol. The lowest BCUT2D eigenvalue weighted by atomic mass is 10.0. The number of benzene rings is 1. The Morgan fingerprint density at radius 3 is 2.33 bits per heavy atom. The van der Waals surface area contributed by atoms with Crippen molar-refractivity contribution >= 4 is 17.9 Å². The number of alkyl halides is 3. The van der Waals surface area contributed by atoms with Crippen molar-refractivity contribution in [2.45, 2.75) is 83.7 Å². The van der Waals surface area contributed by atoms with E-state index < -0.39 is 40.9 Å². The predicted octanol–water partition coefficient (Wildman–Crippen LogP) is 3.38. The Bertz CT molecular complexity index is 954. The van der Waals surface area contributed by atoms with Crippen LogP contribution in [0.15, 0.2) is 18.2 Å². The summed E-state index contributed by atoms with van der Waals surface area (Å²) in [5.41, 5.74) is -0.509. The number of carboxylic acid groups (broad SMARTS) is 1. The molecule has 1 aromatic rings. The Morgan fingerprint density at radius 2 is 1.72 bits per heavy atom. The summed E-state index contributed by atoms with van der Waals surface area (Å²) in [6.45, 7) is 6.01. The van der Waals surface area contributed by atoms with Crippen LogP contribution in [0.25, 0.3) is 0 Å². The molecule has 2 N–H and O–H groups in total. The number of carbonyl (C=O) groups excluding carboxylic acids is 3. The number of carbonyl (C=O) groups is 3. The van der Waals surface area contributed by atoms with Gasteiger partial charge in [0.05, 0.1) is 18.8 Å². The molecule has 1 saturated heterocycles. The Labute approximate surface area is 208 Å². The smallest absolute Gasteiger partial charge is 0.419 e. The molecule has 1 aromatic carbocycles. The fourth-order valence-electron chi connectivity index (χ4n) is 4.03. The molecule has 0 bridgehead atoms. The third kappa shape index (κ3) is 7.02. The van der Waals surface area contributed by atoms with Crippen LogP contribution in [-0.4, -0.2) is 47.3 Å². The van der Waals surface area contributed by atoms with Gasteiger partial charge >= 0.3 is 6.18 Å². The van der Waals surface area contributed by atoms with Gasteiger partial charge in [0.15, 0.2) is 0 Å². The molecule has 202 valence electrons. The maximum atomic E-state index is 13.6. The van der Waals surface area contributed by atoms with Crippen molar-refractivity contribution < 1.29 is 42.1 Å². The van der Waals surface area contributed by atoms with Gasteiger partial charge in [-0.05, 0) is 45.4 Å². The summed E-state index contributed by atoms with van der Waals surface area (Å²) in [6, 6.07) is 2.84.